The third-order valence-electron chi connectivity index (χ3n) is 7.14. The number of likely N-dealkylation sites (tertiary alicyclic amines) is 1. The lowest BCUT2D eigenvalue weighted by Gasteiger charge is -2.35. The number of ether oxygens (including phenoxy) is 1. The molecular weight excluding hydrogens is 485 g/mol. The molecule has 4 heterocycles. The Morgan fingerprint density at radius 3 is 2.83 bits per heavy atom. The lowest BCUT2D eigenvalue weighted by atomic mass is 9.90. The molecule has 2 aliphatic heterocycles. The van der Waals surface area contributed by atoms with Crippen LogP contribution in [0.4, 0.5) is 4.39 Å². The van der Waals surface area contributed by atoms with E-state index < -0.39 is 12.1 Å². The highest BCUT2D eigenvalue weighted by Crippen LogP contribution is 2.38. The first-order valence-corrected chi connectivity index (χ1v) is 13.2. The summed E-state index contributed by atoms with van der Waals surface area (Å²) in [6, 6.07) is 3.06. The third-order valence-corrected chi connectivity index (χ3v) is 8.09. The number of aromatic nitrogens is 2. The standard InChI is InChI=1S/C25H30FN5O4S/c1-14(27-2)23(32)29-21(15-7-10-34-11-8-15)25(33)31-9-3-4-19(31)24-28-18(13-36-24)22-17-12-16(26)5-6-20(17)35-30-22/h5-6,12-15,19,21,27H,3-4,7-11H2,1-2H3,(H,29,32)/t14-,19?,21-/m0/s1. The van der Waals surface area contributed by atoms with Crippen LogP contribution in [0.3, 0.4) is 0 Å². The van der Waals surface area contributed by atoms with Gasteiger partial charge in [0, 0.05) is 25.1 Å². The van der Waals surface area contributed by atoms with Crippen LogP contribution in [-0.4, -0.2) is 65.7 Å². The minimum atomic E-state index is -0.611. The Kier molecular flexibility index (Phi) is 7.31. The van der Waals surface area contributed by atoms with Crippen molar-refractivity contribution in [3.8, 4) is 11.4 Å². The van der Waals surface area contributed by atoms with Crippen molar-refractivity contribution >= 4 is 34.1 Å². The number of carbonyl (C=O) groups excluding carboxylic acids is 2. The second-order valence-corrected chi connectivity index (χ2v) is 10.3. The Morgan fingerprint density at radius 2 is 2.06 bits per heavy atom. The van der Waals surface area contributed by atoms with Crippen molar-refractivity contribution in [3.63, 3.8) is 0 Å². The molecule has 2 aliphatic rings. The number of thiazole rings is 1. The maximum Gasteiger partial charge on any atom is 0.246 e. The zero-order valence-corrected chi connectivity index (χ0v) is 21.1. The van der Waals surface area contributed by atoms with E-state index in [4.69, 9.17) is 14.2 Å². The molecule has 0 bridgehead atoms. The first-order chi connectivity index (χ1) is 17.5. The average molecular weight is 516 g/mol. The Morgan fingerprint density at radius 1 is 1.25 bits per heavy atom. The maximum absolute atomic E-state index is 13.9. The Bertz CT molecular complexity index is 1240. The molecule has 2 aromatic heterocycles. The molecule has 9 nitrogen and oxygen atoms in total. The normalized spacial score (nSPS) is 20.5. The van der Waals surface area contributed by atoms with Gasteiger partial charge >= 0.3 is 0 Å². The van der Waals surface area contributed by atoms with E-state index in [1.807, 2.05) is 10.3 Å². The van der Waals surface area contributed by atoms with Gasteiger partial charge in [-0.05, 0) is 63.8 Å². The van der Waals surface area contributed by atoms with Crippen molar-refractivity contribution in [2.75, 3.05) is 26.8 Å². The van der Waals surface area contributed by atoms with Crippen molar-refractivity contribution in [3.05, 3.63) is 34.4 Å². The molecule has 2 fully saturated rings. The molecule has 5 rings (SSSR count). The predicted octanol–water partition coefficient (Wildman–Crippen LogP) is 3.27. The summed E-state index contributed by atoms with van der Waals surface area (Å²) in [5.74, 6) is -0.626. The fourth-order valence-electron chi connectivity index (χ4n) is 4.95. The number of benzene rings is 1. The Hall–Kier alpha value is -2.89. The van der Waals surface area contributed by atoms with Crippen LogP contribution in [0.2, 0.25) is 0 Å². The number of nitrogens with zero attached hydrogens (tertiary/aromatic N) is 3. The van der Waals surface area contributed by atoms with Gasteiger partial charge in [0.05, 0.1) is 17.5 Å². The average Bonchev–Trinajstić information content (AvgIpc) is 3.65. The molecule has 0 radical (unpaired) electrons. The molecule has 2 amide bonds. The topological polar surface area (TPSA) is 110 Å². The summed E-state index contributed by atoms with van der Waals surface area (Å²) < 4.78 is 24.7. The number of halogens is 1. The van der Waals surface area contributed by atoms with Gasteiger partial charge in [-0.3, -0.25) is 9.59 Å². The lowest BCUT2D eigenvalue weighted by Crippen LogP contribution is -2.56. The Balaban J connectivity index is 1.39. The number of rotatable bonds is 7. The van der Waals surface area contributed by atoms with E-state index in [9.17, 15) is 14.0 Å². The van der Waals surface area contributed by atoms with Crippen LogP contribution in [0, 0.1) is 11.7 Å². The fourth-order valence-corrected chi connectivity index (χ4v) is 5.90. The van der Waals surface area contributed by atoms with Gasteiger partial charge in [-0.2, -0.15) is 0 Å². The Labute approximate surface area is 212 Å². The minimum absolute atomic E-state index is 0.0174. The van der Waals surface area contributed by atoms with Crippen molar-refractivity contribution in [2.24, 2.45) is 5.92 Å². The molecule has 1 aromatic carbocycles. The van der Waals surface area contributed by atoms with Crippen LogP contribution in [0.25, 0.3) is 22.4 Å². The van der Waals surface area contributed by atoms with Crippen LogP contribution in [0.5, 0.6) is 0 Å². The first kappa shape index (κ1) is 24.8. The second kappa shape index (κ2) is 10.6. The number of fused-ring (bicyclic) bond motifs is 1. The number of likely N-dealkylation sites (N-methyl/N-ethyl adjacent to an activating group) is 1. The maximum atomic E-state index is 13.9. The molecule has 192 valence electrons. The molecule has 0 aliphatic carbocycles. The highest BCUT2D eigenvalue weighted by Gasteiger charge is 2.40. The highest BCUT2D eigenvalue weighted by molar-refractivity contribution is 7.10. The van der Waals surface area contributed by atoms with E-state index >= 15 is 0 Å². The summed E-state index contributed by atoms with van der Waals surface area (Å²) in [5, 5.41) is 13.3. The van der Waals surface area contributed by atoms with Crippen LogP contribution in [0.15, 0.2) is 28.1 Å². The van der Waals surface area contributed by atoms with Gasteiger partial charge in [0.2, 0.25) is 11.8 Å². The summed E-state index contributed by atoms with van der Waals surface area (Å²) in [5.41, 5.74) is 1.57. The summed E-state index contributed by atoms with van der Waals surface area (Å²) >= 11 is 1.45. The molecule has 0 spiro atoms. The van der Waals surface area contributed by atoms with Gasteiger partial charge in [0.15, 0.2) is 5.58 Å². The van der Waals surface area contributed by atoms with E-state index in [2.05, 4.69) is 15.8 Å². The van der Waals surface area contributed by atoms with Crippen LogP contribution < -0.4 is 10.6 Å². The molecule has 2 saturated heterocycles. The summed E-state index contributed by atoms with van der Waals surface area (Å²) in [6.45, 7) is 3.54. The summed E-state index contributed by atoms with van der Waals surface area (Å²) in [7, 11) is 1.72. The smallest absolute Gasteiger partial charge is 0.246 e. The van der Waals surface area contributed by atoms with Crippen molar-refractivity contribution in [1.29, 1.82) is 0 Å². The number of carbonyl (C=O) groups is 2. The zero-order valence-electron chi connectivity index (χ0n) is 20.3. The molecule has 3 aromatic rings. The molecule has 36 heavy (non-hydrogen) atoms. The monoisotopic (exact) mass is 515 g/mol. The van der Waals surface area contributed by atoms with Gasteiger partial charge in [-0.1, -0.05) is 5.16 Å². The van der Waals surface area contributed by atoms with E-state index in [-0.39, 0.29) is 29.6 Å². The molecule has 1 unspecified atom stereocenters. The van der Waals surface area contributed by atoms with E-state index in [1.54, 1.807) is 20.0 Å². The van der Waals surface area contributed by atoms with Gasteiger partial charge in [0.1, 0.15) is 28.3 Å². The van der Waals surface area contributed by atoms with Gasteiger partial charge in [-0.25, -0.2) is 9.37 Å². The molecule has 3 atom stereocenters. The van der Waals surface area contributed by atoms with E-state index in [0.717, 1.165) is 30.7 Å². The van der Waals surface area contributed by atoms with Gasteiger partial charge in [0.25, 0.3) is 0 Å². The van der Waals surface area contributed by atoms with E-state index in [0.29, 0.717) is 42.1 Å². The zero-order chi connectivity index (χ0) is 25.2. The number of hydrogen-bond donors (Lipinski definition) is 2. The quantitative estimate of drug-likeness (QED) is 0.497. The molecular formula is C25H30FN5O4S. The molecule has 11 heteroatoms. The minimum Gasteiger partial charge on any atom is -0.381 e. The summed E-state index contributed by atoms with van der Waals surface area (Å²) in [6.07, 6.45) is 3.08. The summed E-state index contributed by atoms with van der Waals surface area (Å²) in [4.78, 5) is 33.3. The predicted molar refractivity (Wildman–Crippen MR) is 133 cm³/mol. The molecule has 2 N–H and O–H groups in total. The SMILES string of the molecule is CN[C@@H](C)C(=O)N[C@H](C(=O)N1CCCC1c1nc(-c2noc3ccc(F)cc23)cs1)C1CCOCC1. The van der Waals surface area contributed by atoms with Crippen LogP contribution in [0.1, 0.15) is 43.7 Å². The van der Waals surface area contributed by atoms with Crippen molar-refractivity contribution in [2.45, 2.75) is 50.7 Å². The largest absolute Gasteiger partial charge is 0.381 e. The third kappa shape index (κ3) is 4.87. The number of hydrogen-bond acceptors (Lipinski definition) is 8. The van der Waals surface area contributed by atoms with Gasteiger partial charge in [-0.15, -0.1) is 11.3 Å². The van der Waals surface area contributed by atoms with Gasteiger partial charge < -0.3 is 24.8 Å². The highest BCUT2D eigenvalue weighted by atomic mass is 32.1. The van der Waals surface area contributed by atoms with E-state index in [1.165, 1.54) is 23.5 Å². The number of amides is 2. The fraction of sp³-hybridized carbons (Fsp3) is 0.520. The lowest BCUT2D eigenvalue weighted by molar-refractivity contribution is -0.140. The first-order valence-electron chi connectivity index (χ1n) is 12.3. The second-order valence-electron chi connectivity index (χ2n) is 9.38. The van der Waals surface area contributed by atoms with Crippen LogP contribution in [-0.2, 0) is 14.3 Å². The van der Waals surface area contributed by atoms with Crippen LogP contribution >= 0.6 is 11.3 Å². The van der Waals surface area contributed by atoms with Crippen molar-refractivity contribution in [1.82, 2.24) is 25.7 Å². The number of nitrogens with one attached hydrogen (secondary N) is 2. The molecule has 0 saturated carbocycles. The van der Waals surface area contributed by atoms with Crippen molar-refractivity contribution < 1.29 is 23.2 Å².